The summed E-state index contributed by atoms with van der Waals surface area (Å²) in [5.41, 5.74) is 1.13. The quantitative estimate of drug-likeness (QED) is 0.853. The Kier molecular flexibility index (Phi) is 5.08. The van der Waals surface area contributed by atoms with Crippen LogP contribution in [0.2, 0.25) is 0 Å². The summed E-state index contributed by atoms with van der Waals surface area (Å²) in [4.78, 5) is 0. The Labute approximate surface area is 116 Å². The van der Waals surface area contributed by atoms with Crippen LogP contribution in [0.3, 0.4) is 0 Å². The molecule has 1 fully saturated rings. The summed E-state index contributed by atoms with van der Waals surface area (Å²) in [5, 5.41) is 7.02. The van der Waals surface area contributed by atoms with Gasteiger partial charge in [0.15, 0.2) is 0 Å². The third-order valence-corrected chi connectivity index (χ3v) is 3.74. The van der Waals surface area contributed by atoms with Crippen molar-refractivity contribution in [1.29, 1.82) is 0 Å². The number of ether oxygens (including phenoxy) is 1. The first-order valence-corrected chi connectivity index (χ1v) is 7.38. The molecule has 0 aliphatic heterocycles. The van der Waals surface area contributed by atoms with Gasteiger partial charge in [-0.2, -0.15) is 0 Å². The zero-order valence-electron chi connectivity index (χ0n) is 12.3. The second-order valence-corrected chi connectivity index (χ2v) is 5.64. The van der Waals surface area contributed by atoms with E-state index in [4.69, 9.17) is 4.74 Å². The molecule has 0 heterocycles. The van der Waals surface area contributed by atoms with Crippen LogP contribution in [-0.2, 0) is 0 Å². The summed E-state index contributed by atoms with van der Waals surface area (Å²) < 4.78 is 5.85. The molecule has 1 aliphatic carbocycles. The van der Waals surface area contributed by atoms with E-state index in [2.05, 4.69) is 43.7 Å². The molecule has 1 aliphatic rings. The maximum Gasteiger partial charge on any atom is 0.142 e. The first kappa shape index (κ1) is 14.2. The highest BCUT2D eigenvalue weighted by atomic mass is 16.5. The minimum atomic E-state index is 0.211. The summed E-state index contributed by atoms with van der Waals surface area (Å²) in [6.45, 7) is 4.13. The van der Waals surface area contributed by atoms with Crippen molar-refractivity contribution in [3.63, 3.8) is 0 Å². The average molecular weight is 262 g/mol. The first-order valence-electron chi connectivity index (χ1n) is 7.38. The van der Waals surface area contributed by atoms with Crippen molar-refractivity contribution in [3.05, 3.63) is 24.3 Å². The lowest BCUT2D eigenvalue weighted by Crippen LogP contribution is -2.35. The summed E-state index contributed by atoms with van der Waals surface area (Å²) >= 11 is 0. The molecule has 0 spiro atoms. The monoisotopic (exact) mass is 262 g/mol. The molecule has 0 bridgehead atoms. The Morgan fingerprint density at radius 3 is 2.32 bits per heavy atom. The molecule has 0 saturated heterocycles. The van der Waals surface area contributed by atoms with Crippen LogP contribution in [0.25, 0.3) is 0 Å². The number of hydrogen-bond acceptors (Lipinski definition) is 3. The molecular weight excluding hydrogens is 236 g/mol. The zero-order valence-corrected chi connectivity index (χ0v) is 12.3. The van der Waals surface area contributed by atoms with Crippen LogP contribution in [0, 0.1) is 0 Å². The molecule has 1 aromatic rings. The fourth-order valence-electron chi connectivity index (χ4n) is 2.69. The molecule has 2 N–H and O–H groups in total. The number of para-hydroxylation sites is 2. The molecule has 1 saturated carbocycles. The Hall–Kier alpha value is -1.22. The normalized spacial score (nSPS) is 23.4. The van der Waals surface area contributed by atoms with Crippen LogP contribution in [0.1, 0.15) is 39.5 Å². The van der Waals surface area contributed by atoms with Gasteiger partial charge in [0.05, 0.1) is 11.8 Å². The minimum Gasteiger partial charge on any atom is -0.489 e. The number of nitrogens with one attached hydrogen (secondary N) is 2. The zero-order chi connectivity index (χ0) is 13.7. The van der Waals surface area contributed by atoms with E-state index in [1.54, 1.807) is 0 Å². The van der Waals surface area contributed by atoms with Gasteiger partial charge in [-0.15, -0.1) is 0 Å². The second-order valence-electron chi connectivity index (χ2n) is 5.64. The van der Waals surface area contributed by atoms with E-state index in [1.165, 1.54) is 25.7 Å². The molecule has 0 atom stereocenters. The molecule has 0 amide bonds. The summed E-state index contributed by atoms with van der Waals surface area (Å²) in [7, 11) is 2.06. The van der Waals surface area contributed by atoms with E-state index in [-0.39, 0.29) is 6.10 Å². The third kappa shape index (κ3) is 4.13. The number of hydrogen-bond donors (Lipinski definition) is 2. The van der Waals surface area contributed by atoms with Crippen LogP contribution in [0.5, 0.6) is 5.75 Å². The molecule has 3 heteroatoms. The largest absolute Gasteiger partial charge is 0.489 e. The van der Waals surface area contributed by atoms with E-state index in [0.29, 0.717) is 12.1 Å². The highest BCUT2D eigenvalue weighted by Gasteiger charge is 2.20. The van der Waals surface area contributed by atoms with Crippen LogP contribution < -0.4 is 15.4 Å². The average Bonchev–Trinajstić information content (AvgIpc) is 2.41. The van der Waals surface area contributed by atoms with Gasteiger partial charge in [0.1, 0.15) is 5.75 Å². The van der Waals surface area contributed by atoms with Crippen LogP contribution in [0.15, 0.2) is 24.3 Å². The summed E-state index contributed by atoms with van der Waals surface area (Å²) in [5.74, 6) is 0.966. The molecule has 19 heavy (non-hydrogen) atoms. The van der Waals surface area contributed by atoms with E-state index < -0.39 is 0 Å². The maximum absolute atomic E-state index is 5.85. The van der Waals surface area contributed by atoms with Crippen molar-refractivity contribution < 1.29 is 4.74 Å². The van der Waals surface area contributed by atoms with Gasteiger partial charge >= 0.3 is 0 Å². The van der Waals surface area contributed by atoms with Crippen molar-refractivity contribution in [3.8, 4) is 5.75 Å². The Balaban J connectivity index is 1.95. The van der Waals surface area contributed by atoms with Crippen LogP contribution in [0.4, 0.5) is 5.69 Å². The lowest BCUT2D eigenvalue weighted by atomic mass is 9.91. The smallest absolute Gasteiger partial charge is 0.142 e. The van der Waals surface area contributed by atoms with Gasteiger partial charge < -0.3 is 15.4 Å². The molecule has 3 nitrogen and oxygen atoms in total. The second kappa shape index (κ2) is 6.80. The van der Waals surface area contributed by atoms with Gasteiger partial charge in [-0.25, -0.2) is 0 Å². The van der Waals surface area contributed by atoms with Gasteiger partial charge in [0, 0.05) is 12.1 Å². The molecule has 106 valence electrons. The van der Waals surface area contributed by atoms with Gasteiger partial charge in [-0.05, 0) is 58.7 Å². The fraction of sp³-hybridized carbons (Fsp3) is 0.625. The Morgan fingerprint density at radius 1 is 1.05 bits per heavy atom. The molecule has 0 radical (unpaired) electrons. The third-order valence-electron chi connectivity index (χ3n) is 3.74. The standard InChI is InChI=1S/C16H26N2O/c1-12(2)19-16-7-5-4-6-15(16)18-14-10-8-13(17-3)9-11-14/h4-7,12-14,17-18H,8-11H2,1-3H3. The van der Waals surface area contributed by atoms with E-state index >= 15 is 0 Å². The van der Waals surface area contributed by atoms with Gasteiger partial charge in [-0.3, -0.25) is 0 Å². The SMILES string of the molecule is CNC1CCC(Nc2ccccc2OC(C)C)CC1. The molecule has 0 aromatic heterocycles. The molecular formula is C16H26N2O. The van der Waals surface area contributed by atoms with Crippen LogP contribution in [-0.4, -0.2) is 25.2 Å². The highest BCUT2D eigenvalue weighted by Crippen LogP contribution is 2.29. The van der Waals surface area contributed by atoms with Crippen molar-refractivity contribution in [2.75, 3.05) is 12.4 Å². The molecule has 2 rings (SSSR count). The predicted octanol–water partition coefficient (Wildman–Crippen LogP) is 3.42. The van der Waals surface area contributed by atoms with E-state index in [0.717, 1.165) is 11.4 Å². The highest BCUT2D eigenvalue weighted by molar-refractivity contribution is 5.56. The van der Waals surface area contributed by atoms with E-state index in [9.17, 15) is 0 Å². The van der Waals surface area contributed by atoms with E-state index in [1.807, 2.05) is 12.1 Å². The molecule has 1 aromatic carbocycles. The maximum atomic E-state index is 5.85. The van der Waals surface area contributed by atoms with Crippen molar-refractivity contribution in [2.24, 2.45) is 0 Å². The number of rotatable bonds is 5. The van der Waals surface area contributed by atoms with Crippen molar-refractivity contribution in [2.45, 2.75) is 57.7 Å². The summed E-state index contributed by atoms with van der Waals surface area (Å²) in [6.07, 6.45) is 5.16. The first-order chi connectivity index (χ1) is 9.19. The Morgan fingerprint density at radius 2 is 1.68 bits per heavy atom. The molecule has 0 unspecified atom stereocenters. The van der Waals surface area contributed by atoms with Gasteiger partial charge in [-0.1, -0.05) is 12.1 Å². The lowest BCUT2D eigenvalue weighted by Gasteiger charge is -2.30. The van der Waals surface area contributed by atoms with Crippen molar-refractivity contribution >= 4 is 5.69 Å². The lowest BCUT2D eigenvalue weighted by molar-refractivity contribution is 0.243. The van der Waals surface area contributed by atoms with Crippen LogP contribution >= 0.6 is 0 Å². The minimum absolute atomic E-state index is 0.211. The van der Waals surface area contributed by atoms with Gasteiger partial charge in [0.2, 0.25) is 0 Å². The number of benzene rings is 1. The van der Waals surface area contributed by atoms with Gasteiger partial charge in [0.25, 0.3) is 0 Å². The number of anilines is 1. The topological polar surface area (TPSA) is 33.3 Å². The summed E-state index contributed by atoms with van der Waals surface area (Å²) in [6, 6.07) is 9.51. The van der Waals surface area contributed by atoms with Crippen molar-refractivity contribution in [1.82, 2.24) is 5.32 Å². The Bertz CT molecular complexity index is 384. The predicted molar refractivity (Wildman–Crippen MR) is 80.9 cm³/mol. The fourth-order valence-corrected chi connectivity index (χ4v) is 2.69.